The van der Waals surface area contributed by atoms with E-state index in [0.717, 1.165) is 30.3 Å². The van der Waals surface area contributed by atoms with Gasteiger partial charge in [0, 0.05) is 43.3 Å². The third kappa shape index (κ3) is 4.69. The molecule has 0 spiro atoms. The maximum Gasteiger partial charge on any atom is 0.265 e. The summed E-state index contributed by atoms with van der Waals surface area (Å²) in [6, 6.07) is 9.03. The molecule has 1 aliphatic rings. The highest BCUT2D eigenvalue weighted by Gasteiger charge is 2.23. The van der Waals surface area contributed by atoms with Crippen molar-refractivity contribution in [3.63, 3.8) is 0 Å². The molecule has 1 saturated heterocycles. The van der Waals surface area contributed by atoms with Gasteiger partial charge in [0.15, 0.2) is 0 Å². The number of benzene rings is 1. The standard InChI is InChI=1S/C22H29N7O2S/c1-15-14-20(29-12-6-5-7-13-29)25-22(23-15)24-18-8-10-19(11-9-18)27-32(30,31)21-16(2)26-28(4)17(21)3/h8-11,14,27H,5-7,12-13H2,1-4H3,(H,23,24,25). The van der Waals surface area contributed by atoms with Crippen molar-refractivity contribution >= 4 is 33.2 Å². The number of hydrogen-bond donors (Lipinski definition) is 2. The van der Waals surface area contributed by atoms with Crippen LogP contribution in [0.25, 0.3) is 0 Å². The molecule has 3 aromatic rings. The number of rotatable bonds is 6. The monoisotopic (exact) mass is 455 g/mol. The number of hydrogen-bond acceptors (Lipinski definition) is 7. The van der Waals surface area contributed by atoms with Gasteiger partial charge in [-0.15, -0.1) is 0 Å². The normalized spacial score (nSPS) is 14.4. The fourth-order valence-electron chi connectivity index (χ4n) is 3.99. The molecule has 170 valence electrons. The Kier molecular flexibility index (Phi) is 6.05. The zero-order valence-electron chi connectivity index (χ0n) is 18.9. The van der Waals surface area contributed by atoms with Gasteiger partial charge in [-0.25, -0.2) is 13.4 Å². The Morgan fingerprint density at radius 2 is 1.59 bits per heavy atom. The SMILES string of the molecule is Cc1cc(N2CCCCC2)nc(Nc2ccc(NS(=O)(=O)c3c(C)nn(C)c3C)cc2)n1. The van der Waals surface area contributed by atoms with Crippen LogP contribution < -0.4 is 14.9 Å². The Labute approximate surface area is 188 Å². The van der Waals surface area contributed by atoms with Crippen molar-refractivity contribution < 1.29 is 8.42 Å². The second kappa shape index (κ2) is 8.78. The number of aromatic nitrogens is 4. The van der Waals surface area contributed by atoms with Gasteiger partial charge < -0.3 is 10.2 Å². The van der Waals surface area contributed by atoms with Gasteiger partial charge in [0.05, 0.1) is 11.4 Å². The predicted molar refractivity (Wildman–Crippen MR) is 126 cm³/mol. The van der Waals surface area contributed by atoms with Crippen molar-refractivity contribution in [2.45, 2.75) is 44.9 Å². The maximum atomic E-state index is 12.9. The third-order valence-corrected chi connectivity index (χ3v) is 7.26. The smallest absolute Gasteiger partial charge is 0.265 e. The molecular weight excluding hydrogens is 426 g/mol. The fraction of sp³-hybridized carbons (Fsp3) is 0.409. The Morgan fingerprint density at radius 3 is 2.22 bits per heavy atom. The highest BCUT2D eigenvalue weighted by Crippen LogP contribution is 2.25. The molecule has 1 aromatic carbocycles. The Bertz CT molecular complexity index is 1210. The first-order valence-corrected chi connectivity index (χ1v) is 12.2. The molecule has 1 fully saturated rings. The summed E-state index contributed by atoms with van der Waals surface area (Å²) in [4.78, 5) is 11.7. The highest BCUT2D eigenvalue weighted by molar-refractivity contribution is 7.92. The molecule has 10 heteroatoms. The Hall–Kier alpha value is -3.14. The molecule has 0 amide bonds. The lowest BCUT2D eigenvalue weighted by Gasteiger charge is -2.28. The van der Waals surface area contributed by atoms with E-state index >= 15 is 0 Å². The van der Waals surface area contributed by atoms with Crippen LogP contribution in [0.4, 0.5) is 23.1 Å². The number of piperidine rings is 1. The lowest BCUT2D eigenvalue weighted by atomic mass is 10.1. The van der Waals surface area contributed by atoms with Crippen LogP contribution in [0.1, 0.15) is 36.3 Å². The minimum atomic E-state index is -3.73. The van der Waals surface area contributed by atoms with Gasteiger partial charge in [0.2, 0.25) is 5.95 Å². The first kappa shape index (κ1) is 22.1. The van der Waals surface area contributed by atoms with Gasteiger partial charge in [-0.3, -0.25) is 9.40 Å². The fourth-order valence-corrected chi connectivity index (χ4v) is 5.49. The summed E-state index contributed by atoms with van der Waals surface area (Å²) in [5.41, 5.74) is 3.20. The largest absolute Gasteiger partial charge is 0.356 e. The lowest BCUT2D eigenvalue weighted by molar-refractivity contribution is 0.573. The summed E-state index contributed by atoms with van der Waals surface area (Å²) in [5, 5.41) is 7.43. The first-order chi connectivity index (χ1) is 15.2. The Morgan fingerprint density at radius 1 is 0.938 bits per heavy atom. The van der Waals surface area contributed by atoms with Crippen LogP contribution in [0.15, 0.2) is 35.2 Å². The molecule has 0 aliphatic carbocycles. The maximum absolute atomic E-state index is 12.9. The number of aryl methyl sites for hydroxylation is 3. The van der Waals surface area contributed by atoms with Crippen molar-refractivity contribution in [2.75, 3.05) is 28.0 Å². The molecule has 0 bridgehead atoms. The summed E-state index contributed by atoms with van der Waals surface area (Å²) in [5.74, 6) is 1.46. The summed E-state index contributed by atoms with van der Waals surface area (Å²) in [7, 11) is -2.01. The summed E-state index contributed by atoms with van der Waals surface area (Å²) < 4.78 is 29.9. The minimum Gasteiger partial charge on any atom is -0.356 e. The van der Waals surface area contributed by atoms with E-state index in [9.17, 15) is 8.42 Å². The van der Waals surface area contributed by atoms with Crippen LogP contribution in [0.2, 0.25) is 0 Å². The number of sulfonamides is 1. The predicted octanol–water partition coefficient (Wildman–Crippen LogP) is 3.67. The van der Waals surface area contributed by atoms with E-state index in [4.69, 9.17) is 0 Å². The molecule has 9 nitrogen and oxygen atoms in total. The van der Waals surface area contributed by atoms with Gasteiger partial charge in [-0.2, -0.15) is 10.1 Å². The number of nitrogens with one attached hydrogen (secondary N) is 2. The van der Waals surface area contributed by atoms with Gasteiger partial charge in [0.25, 0.3) is 10.0 Å². The summed E-state index contributed by atoms with van der Waals surface area (Å²) in [6.45, 7) is 7.41. The molecule has 0 unspecified atom stereocenters. The number of nitrogens with zero attached hydrogens (tertiary/aromatic N) is 5. The molecule has 0 atom stereocenters. The topological polar surface area (TPSA) is 105 Å². The average molecular weight is 456 g/mol. The van der Waals surface area contributed by atoms with Gasteiger partial charge in [-0.05, 0) is 64.3 Å². The molecule has 0 radical (unpaired) electrons. The van der Waals surface area contributed by atoms with Gasteiger partial charge in [0.1, 0.15) is 10.7 Å². The lowest BCUT2D eigenvalue weighted by Crippen LogP contribution is -2.30. The van der Waals surface area contributed by atoms with E-state index < -0.39 is 10.0 Å². The molecule has 1 aliphatic heterocycles. The van der Waals surface area contributed by atoms with Gasteiger partial charge in [-0.1, -0.05) is 0 Å². The van der Waals surface area contributed by atoms with Crippen LogP contribution in [0.3, 0.4) is 0 Å². The van der Waals surface area contributed by atoms with Crippen LogP contribution in [0, 0.1) is 20.8 Å². The van der Waals surface area contributed by atoms with E-state index in [1.54, 1.807) is 49.8 Å². The quantitative estimate of drug-likeness (QED) is 0.584. The molecule has 0 saturated carbocycles. The molecule has 3 heterocycles. The molecular formula is C22H29N7O2S. The van der Waals surface area contributed by atoms with E-state index in [1.165, 1.54) is 19.3 Å². The van der Waals surface area contributed by atoms with Crippen molar-refractivity contribution in [2.24, 2.45) is 7.05 Å². The zero-order valence-corrected chi connectivity index (χ0v) is 19.7. The first-order valence-electron chi connectivity index (χ1n) is 10.7. The van der Waals surface area contributed by atoms with Crippen molar-refractivity contribution in [3.8, 4) is 0 Å². The van der Waals surface area contributed by atoms with E-state index in [2.05, 4.69) is 30.0 Å². The molecule has 2 aromatic heterocycles. The van der Waals surface area contributed by atoms with Crippen molar-refractivity contribution in [1.82, 2.24) is 19.7 Å². The molecule has 32 heavy (non-hydrogen) atoms. The summed E-state index contributed by atoms with van der Waals surface area (Å²) >= 11 is 0. The zero-order chi connectivity index (χ0) is 22.9. The minimum absolute atomic E-state index is 0.209. The van der Waals surface area contributed by atoms with Crippen molar-refractivity contribution in [3.05, 3.63) is 47.4 Å². The van der Waals surface area contributed by atoms with Gasteiger partial charge >= 0.3 is 0 Å². The highest BCUT2D eigenvalue weighted by atomic mass is 32.2. The third-order valence-electron chi connectivity index (χ3n) is 5.63. The molecule has 4 rings (SSSR count). The van der Waals surface area contributed by atoms with E-state index in [-0.39, 0.29) is 4.90 Å². The number of anilines is 4. The van der Waals surface area contributed by atoms with E-state index in [0.29, 0.717) is 23.0 Å². The van der Waals surface area contributed by atoms with Crippen LogP contribution in [0.5, 0.6) is 0 Å². The van der Waals surface area contributed by atoms with Crippen molar-refractivity contribution in [1.29, 1.82) is 0 Å². The second-order valence-corrected chi connectivity index (χ2v) is 9.79. The average Bonchev–Trinajstić information content (AvgIpc) is 3.01. The van der Waals surface area contributed by atoms with Crippen LogP contribution in [-0.4, -0.2) is 41.3 Å². The molecule has 2 N–H and O–H groups in total. The van der Waals surface area contributed by atoms with Crippen LogP contribution in [-0.2, 0) is 17.1 Å². The van der Waals surface area contributed by atoms with E-state index in [1.807, 2.05) is 13.0 Å². The Balaban J connectivity index is 1.49. The summed E-state index contributed by atoms with van der Waals surface area (Å²) in [6.07, 6.45) is 3.63. The van der Waals surface area contributed by atoms with Crippen LogP contribution >= 0.6 is 0 Å². The second-order valence-electron chi connectivity index (χ2n) is 8.17.